The Labute approximate surface area is 79.5 Å². The third-order valence-electron chi connectivity index (χ3n) is 2.36. The lowest BCUT2D eigenvalue weighted by Gasteiger charge is -2.27. The number of hydrogen-bond donors (Lipinski definition) is 1. The maximum Gasteiger partial charge on any atom is 0.471 e. The summed E-state index contributed by atoms with van der Waals surface area (Å²) >= 11 is 0. The fourth-order valence-electron chi connectivity index (χ4n) is 1.71. The smallest absolute Gasteiger partial charge is 0.391 e. The van der Waals surface area contributed by atoms with Crippen molar-refractivity contribution in [3.8, 4) is 0 Å². The summed E-state index contributed by atoms with van der Waals surface area (Å²) in [6, 6.07) is -0.691. The Hall–Kier alpha value is -0.780. The monoisotopic (exact) mass is 211 g/mol. The SMILES string of the molecule is CC(O)[C@H]1CCCN1C(=O)C(F)(F)F. The average molecular weight is 211 g/mol. The number of aliphatic hydroxyl groups excluding tert-OH is 1. The third-order valence-corrected chi connectivity index (χ3v) is 2.36. The molecule has 6 heteroatoms. The van der Waals surface area contributed by atoms with Gasteiger partial charge in [-0.3, -0.25) is 4.79 Å². The maximum absolute atomic E-state index is 12.1. The van der Waals surface area contributed by atoms with Crippen molar-refractivity contribution in [2.75, 3.05) is 6.54 Å². The first kappa shape index (κ1) is 11.3. The fourth-order valence-corrected chi connectivity index (χ4v) is 1.71. The van der Waals surface area contributed by atoms with Gasteiger partial charge in [0.25, 0.3) is 0 Å². The van der Waals surface area contributed by atoms with Gasteiger partial charge in [-0.15, -0.1) is 0 Å². The van der Waals surface area contributed by atoms with E-state index >= 15 is 0 Å². The van der Waals surface area contributed by atoms with Gasteiger partial charge in [-0.05, 0) is 19.8 Å². The fraction of sp³-hybridized carbons (Fsp3) is 0.875. The van der Waals surface area contributed by atoms with Crippen molar-refractivity contribution in [2.45, 2.75) is 38.1 Å². The molecule has 0 aromatic heterocycles. The van der Waals surface area contributed by atoms with Gasteiger partial charge in [0, 0.05) is 6.54 Å². The number of carbonyl (C=O) groups excluding carboxylic acids is 1. The number of carbonyl (C=O) groups is 1. The number of halogens is 3. The molecule has 1 fully saturated rings. The van der Waals surface area contributed by atoms with Gasteiger partial charge < -0.3 is 10.0 Å². The second-order valence-electron chi connectivity index (χ2n) is 3.45. The summed E-state index contributed by atoms with van der Waals surface area (Å²) < 4.78 is 36.2. The van der Waals surface area contributed by atoms with E-state index in [1.807, 2.05) is 0 Å². The molecule has 1 heterocycles. The van der Waals surface area contributed by atoms with E-state index in [9.17, 15) is 23.1 Å². The molecule has 2 atom stereocenters. The van der Waals surface area contributed by atoms with E-state index in [-0.39, 0.29) is 6.54 Å². The van der Waals surface area contributed by atoms with Crippen molar-refractivity contribution in [1.29, 1.82) is 0 Å². The van der Waals surface area contributed by atoms with Gasteiger partial charge in [-0.1, -0.05) is 0 Å². The quantitative estimate of drug-likeness (QED) is 0.700. The molecule has 0 aromatic carbocycles. The van der Waals surface area contributed by atoms with Gasteiger partial charge in [0.15, 0.2) is 0 Å². The lowest BCUT2D eigenvalue weighted by atomic mass is 10.1. The number of amides is 1. The first-order valence-corrected chi connectivity index (χ1v) is 4.40. The van der Waals surface area contributed by atoms with Crippen LogP contribution < -0.4 is 0 Å². The van der Waals surface area contributed by atoms with Crippen molar-refractivity contribution >= 4 is 5.91 Å². The molecule has 1 amide bonds. The summed E-state index contributed by atoms with van der Waals surface area (Å²) in [6.07, 6.45) is -4.81. The molecule has 14 heavy (non-hydrogen) atoms. The molecule has 0 bridgehead atoms. The lowest BCUT2D eigenvalue weighted by molar-refractivity contribution is -0.187. The summed E-state index contributed by atoms with van der Waals surface area (Å²) in [5, 5.41) is 9.18. The molecule has 1 aliphatic heterocycles. The lowest BCUT2D eigenvalue weighted by Crippen LogP contribution is -2.47. The van der Waals surface area contributed by atoms with Crippen LogP contribution in [0.5, 0.6) is 0 Å². The summed E-state index contributed by atoms with van der Waals surface area (Å²) in [5.41, 5.74) is 0. The molecule has 3 nitrogen and oxygen atoms in total. The topological polar surface area (TPSA) is 40.5 Å². The zero-order chi connectivity index (χ0) is 10.9. The van der Waals surface area contributed by atoms with Gasteiger partial charge in [-0.2, -0.15) is 13.2 Å². The molecule has 1 aliphatic rings. The van der Waals surface area contributed by atoms with Crippen LogP contribution in [-0.4, -0.2) is 40.8 Å². The van der Waals surface area contributed by atoms with Crippen LogP contribution in [0.25, 0.3) is 0 Å². The van der Waals surface area contributed by atoms with Gasteiger partial charge in [0.05, 0.1) is 12.1 Å². The molecule has 0 aromatic rings. The molecule has 0 radical (unpaired) electrons. The average Bonchev–Trinajstić information content (AvgIpc) is 2.48. The Morgan fingerprint density at radius 3 is 2.57 bits per heavy atom. The molecule has 1 rings (SSSR count). The normalized spacial score (nSPS) is 25.2. The Kier molecular flexibility index (Phi) is 3.04. The highest BCUT2D eigenvalue weighted by molar-refractivity contribution is 5.82. The van der Waals surface area contributed by atoms with E-state index in [1.165, 1.54) is 6.92 Å². The zero-order valence-corrected chi connectivity index (χ0v) is 7.71. The standard InChI is InChI=1S/C8H12F3NO2/c1-5(13)6-3-2-4-12(6)7(14)8(9,10)11/h5-6,13H,2-4H2,1H3/t5?,6-/m1/s1. The third kappa shape index (κ3) is 2.17. The number of aliphatic hydroxyl groups is 1. The molecule has 82 valence electrons. The second-order valence-corrected chi connectivity index (χ2v) is 3.45. The van der Waals surface area contributed by atoms with Gasteiger partial charge in [0.2, 0.25) is 0 Å². The Bertz CT molecular complexity index is 227. The van der Waals surface area contributed by atoms with Crippen molar-refractivity contribution in [3.63, 3.8) is 0 Å². The minimum Gasteiger partial charge on any atom is -0.391 e. The largest absolute Gasteiger partial charge is 0.471 e. The molecule has 0 spiro atoms. The molecular weight excluding hydrogens is 199 g/mol. The minimum absolute atomic E-state index is 0.0773. The Morgan fingerprint density at radius 1 is 1.57 bits per heavy atom. The van der Waals surface area contributed by atoms with Gasteiger partial charge >= 0.3 is 12.1 Å². The molecule has 0 aliphatic carbocycles. The van der Waals surface area contributed by atoms with Crippen LogP contribution in [0.3, 0.4) is 0 Å². The van der Waals surface area contributed by atoms with E-state index in [0.717, 1.165) is 0 Å². The minimum atomic E-state index is -4.84. The zero-order valence-electron chi connectivity index (χ0n) is 7.71. The van der Waals surface area contributed by atoms with Crippen LogP contribution in [0.1, 0.15) is 19.8 Å². The summed E-state index contributed by atoms with van der Waals surface area (Å²) in [7, 11) is 0. The van der Waals surface area contributed by atoms with Crippen LogP contribution in [0, 0.1) is 0 Å². The van der Waals surface area contributed by atoms with Crippen molar-refractivity contribution < 1.29 is 23.1 Å². The van der Waals surface area contributed by atoms with Gasteiger partial charge in [0.1, 0.15) is 0 Å². The molecule has 1 unspecified atom stereocenters. The van der Waals surface area contributed by atoms with E-state index in [0.29, 0.717) is 17.7 Å². The molecule has 1 N–H and O–H groups in total. The van der Waals surface area contributed by atoms with Crippen LogP contribution in [0.2, 0.25) is 0 Å². The highest BCUT2D eigenvalue weighted by Crippen LogP contribution is 2.26. The first-order chi connectivity index (χ1) is 6.34. The van der Waals surface area contributed by atoms with Gasteiger partial charge in [-0.25, -0.2) is 0 Å². The molecule has 0 saturated carbocycles. The van der Waals surface area contributed by atoms with E-state index in [2.05, 4.69) is 0 Å². The summed E-state index contributed by atoms with van der Waals surface area (Å²) in [5.74, 6) is -1.85. The number of hydrogen-bond acceptors (Lipinski definition) is 2. The predicted molar refractivity (Wildman–Crippen MR) is 42.5 cm³/mol. The first-order valence-electron chi connectivity index (χ1n) is 4.40. The second kappa shape index (κ2) is 3.76. The van der Waals surface area contributed by atoms with E-state index in [4.69, 9.17) is 0 Å². The Balaban J connectivity index is 2.72. The predicted octanol–water partition coefficient (Wildman–Crippen LogP) is 0.921. The van der Waals surface area contributed by atoms with Crippen LogP contribution in [0.4, 0.5) is 13.2 Å². The highest BCUT2D eigenvalue weighted by Gasteiger charge is 2.46. The van der Waals surface area contributed by atoms with Crippen LogP contribution >= 0.6 is 0 Å². The summed E-state index contributed by atoms with van der Waals surface area (Å²) in [6.45, 7) is 1.47. The Morgan fingerprint density at radius 2 is 2.14 bits per heavy atom. The highest BCUT2D eigenvalue weighted by atomic mass is 19.4. The van der Waals surface area contributed by atoms with Crippen molar-refractivity contribution in [1.82, 2.24) is 4.90 Å². The molecular formula is C8H12F3NO2. The maximum atomic E-state index is 12.1. The number of likely N-dealkylation sites (tertiary alicyclic amines) is 1. The van der Waals surface area contributed by atoms with E-state index in [1.54, 1.807) is 0 Å². The molecule has 1 saturated heterocycles. The van der Waals surface area contributed by atoms with Crippen LogP contribution in [-0.2, 0) is 4.79 Å². The van der Waals surface area contributed by atoms with Crippen molar-refractivity contribution in [2.24, 2.45) is 0 Å². The number of rotatable bonds is 1. The van der Waals surface area contributed by atoms with E-state index < -0.39 is 24.2 Å². The number of nitrogens with zero attached hydrogens (tertiary/aromatic N) is 1. The number of alkyl halides is 3. The van der Waals surface area contributed by atoms with Crippen molar-refractivity contribution in [3.05, 3.63) is 0 Å². The summed E-state index contributed by atoms with van der Waals surface area (Å²) in [4.78, 5) is 11.6. The van der Waals surface area contributed by atoms with Crippen LogP contribution in [0.15, 0.2) is 0 Å².